The van der Waals surface area contributed by atoms with E-state index in [9.17, 15) is 0 Å². The highest BCUT2D eigenvalue weighted by Gasteiger charge is 2.24. The lowest BCUT2D eigenvalue weighted by atomic mass is 10.1. The summed E-state index contributed by atoms with van der Waals surface area (Å²) in [6, 6.07) is 0. The van der Waals surface area contributed by atoms with E-state index < -0.39 is 0 Å². The van der Waals surface area contributed by atoms with Crippen LogP contribution in [0.2, 0.25) is 0 Å². The average Bonchev–Trinajstić information content (AvgIpc) is 2.88. The Morgan fingerprint density at radius 1 is 1.25 bits per heavy atom. The van der Waals surface area contributed by atoms with E-state index in [1.807, 2.05) is 7.05 Å². The molecule has 1 unspecified atom stereocenters. The minimum Gasteiger partial charge on any atom is -0.383 e. The molecule has 1 atom stereocenters. The van der Waals surface area contributed by atoms with Crippen molar-refractivity contribution >= 4 is 29.9 Å². The number of methoxy groups -OCH3 is 2. The molecule has 0 radical (unpaired) electrons. The van der Waals surface area contributed by atoms with Gasteiger partial charge in [-0.15, -0.1) is 24.0 Å². The van der Waals surface area contributed by atoms with E-state index in [0.29, 0.717) is 25.7 Å². The molecular formula is C13H28IN3O3. The predicted octanol–water partition coefficient (Wildman–Crippen LogP) is 0.811. The van der Waals surface area contributed by atoms with Gasteiger partial charge in [0.1, 0.15) is 0 Å². The molecule has 20 heavy (non-hydrogen) atoms. The highest BCUT2D eigenvalue weighted by molar-refractivity contribution is 14.0. The van der Waals surface area contributed by atoms with Gasteiger partial charge in [-0.2, -0.15) is 0 Å². The average molecular weight is 401 g/mol. The van der Waals surface area contributed by atoms with Gasteiger partial charge in [-0.1, -0.05) is 0 Å². The fourth-order valence-electron chi connectivity index (χ4n) is 2.15. The lowest BCUT2D eigenvalue weighted by Crippen LogP contribution is -2.41. The Morgan fingerprint density at radius 3 is 2.65 bits per heavy atom. The third-order valence-corrected chi connectivity index (χ3v) is 3.17. The van der Waals surface area contributed by atoms with Gasteiger partial charge in [0, 0.05) is 46.8 Å². The van der Waals surface area contributed by atoms with Crippen molar-refractivity contribution < 1.29 is 14.2 Å². The molecule has 0 aromatic rings. The maximum atomic E-state index is 5.59. The van der Waals surface area contributed by atoms with Gasteiger partial charge in [-0.3, -0.25) is 4.99 Å². The number of hydrogen-bond acceptors (Lipinski definition) is 4. The number of ether oxygens (including phenoxy) is 3. The molecule has 1 aliphatic rings. The number of rotatable bonds is 8. The fraction of sp³-hybridized carbons (Fsp3) is 0.923. The zero-order valence-corrected chi connectivity index (χ0v) is 15.1. The van der Waals surface area contributed by atoms with Gasteiger partial charge in [-0.25, -0.2) is 0 Å². The molecule has 0 aliphatic carbocycles. The van der Waals surface area contributed by atoms with Crippen LogP contribution in [0.5, 0.6) is 0 Å². The molecule has 1 fully saturated rings. The molecule has 1 heterocycles. The van der Waals surface area contributed by atoms with E-state index >= 15 is 0 Å². The van der Waals surface area contributed by atoms with Crippen LogP contribution in [0.1, 0.15) is 6.42 Å². The fourth-order valence-corrected chi connectivity index (χ4v) is 2.15. The summed E-state index contributed by atoms with van der Waals surface area (Å²) in [4.78, 5) is 6.58. The summed E-state index contributed by atoms with van der Waals surface area (Å²) in [5, 5.41) is 3.30. The zero-order chi connectivity index (χ0) is 13.9. The monoisotopic (exact) mass is 401 g/mol. The lowest BCUT2D eigenvalue weighted by Gasteiger charge is -2.21. The Balaban J connectivity index is 0.00000361. The molecule has 0 bridgehead atoms. The minimum atomic E-state index is 0. The Bertz CT molecular complexity index is 267. The Hall–Kier alpha value is -0.120. The molecule has 0 aromatic heterocycles. The summed E-state index contributed by atoms with van der Waals surface area (Å²) in [6.45, 7) is 5.65. The summed E-state index contributed by atoms with van der Waals surface area (Å²) >= 11 is 0. The largest absolute Gasteiger partial charge is 0.383 e. The molecule has 1 saturated heterocycles. The second kappa shape index (κ2) is 12.6. The van der Waals surface area contributed by atoms with Gasteiger partial charge in [0.2, 0.25) is 0 Å². The Kier molecular flexibility index (Phi) is 12.5. The summed E-state index contributed by atoms with van der Waals surface area (Å²) in [7, 11) is 5.21. The van der Waals surface area contributed by atoms with Crippen LogP contribution >= 0.6 is 24.0 Å². The quantitative estimate of drug-likeness (QED) is 0.283. The summed E-state index contributed by atoms with van der Waals surface area (Å²) < 4.78 is 15.6. The van der Waals surface area contributed by atoms with E-state index in [2.05, 4.69) is 15.2 Å². The van der Waals surface area contributed by atoms with Crippen molar-refractivity contribution in [1.82, 2.24) is 10.2 Å². The summed E-state index contributed by atoms with van der Waals surface area (Å²) in [5.41, 5.74) is 0. The molecule has 0 aromatic carbocycles. The normalized spacial score (nSPS) is 19.1. The minimum absolute atomic E-state index is 0. The standard InChI is InChI=1S/C13H27N3O3.HI/c1-14-13(15-5-7-17-2)16-6-4-12(10-16)11-19-9-8-18-3;/h12H,4-11H2,1-3H3,(H,14,15);1H. The van der Waals surface area contributed by atoms with E-state index in [1.54, 1.807) is 14.2 Å². The molecule has 1 N–H and O–H groups in total. The van der Waals surface area contributed by atoms with Crippen molar-refractivity contribution in [2.24, 2.45) is 10.9 Å². The van der Waals surface area contributed by atoms with Crippen LogP contribution in [-0.4, -0.2) is 78.2 Å². The van der Waals surface area contributed by atoms with Gasteiger partial charge in [-0.05, 0) is 6.42 Å². The van der Waals surface area contributed by atoms with Crippen LogP contribution in [0.15, 0.2) is 4.99 Å². The lowest BCUT2D eigenvalue weighted by molar-refractivity contribution is 0.0536. The molecule has 0 amide bonds. The molecule has 1 aliphatic heterocycles. The van der Waals surface area contributed by atoms with E-state index in [-0.39, 0.29) is 24.0 Å². The second-order valence-corrected chi connectivity index (χ2v) is 4.64. The first-order valence-corrected chi connectivity index (χ1v) is 6.83. The highest BCUT2D eigenvalue weighted by atomic mass is 127. The van der Waals surface area contributed by atoms with Crippen LogP contribution in [0.25, 0.3) is 0 Å². The van der Waals surface area contributed by atoms with Crippen LogP contribution in [-0.2, 0) is 14.2 Å². The molecule has 120 valence electrons. The van der Waals surface area contributed by atoms with E-state index in [4.69, 9.17) is 14.2 Å². The number of hydrogen-bond donors (Lipinski definition) is 1. The van der Waals surface area contributed by atoms with Crippen molar-refractivity contribution in [3.8, 4) is 0 Å². The number of aliphatic imine (C=N–C) groups is 1. The molecule has 1 rings (SSSR count). The number of halogens is 1. The first kappa shape index (κ1) is 19.9. The molecular weight excluding hydrogens is 373 g/mol. The molecule has 6 nitrogen and oxygen atoms in total. The number of guanidine groups is 1. The van der Waals surface area contributed by atoms with Gasteiger partial charge < -0.3 is 24.4 Å². The SMILES string of the molecule is CN=C(NCCOC)N1CCC(COCCOC)C1.I. The third kappa shape index (κ3) is 7.61. The zero-order valence-electron chi connectivity index (χ0n) is 12.8. The molecule has 7 heteroatoms. The van der Waals surface area contributed by atoms with Crippen molar-refractivity contribution in [2.75, 3.05) is 67.3 Å². The molecule has 0 saturated carbocycles. The predicted molar refractivity (Wildman–Crippen MR) is 91.0 cm³/mol. The van der Waals surface area contributed by atoms with Gasteiger partial charge >= 0.3 is 0 Å². The Labute approximate surface area is 139 Å². The topological polar surface area (TPSA) is 55.3 Å². The van der Waals surface area contributed by atoms with Crippen molar-refractivity contribution in [3.63, 3.8) is 0 Å². The van der Waals surface area contributed by atoms with Crippen molar-refractivity contribution in [2.45, 2.75) is 6.42 Å². The molecule has 0 spiro atoms. The van der Waals surface area contributed by atoms with Gasteiger partial charge in [0.25, 0.3) is 0 Å². The van der Waals surface area contributed by atoms with Crippen LogP contribution < -0.4 is 5.32 Å². The maximum absolute atomic E-state index is 5.59. The number of nitrogens with zero attached hydrogens (tertiary/aromatic N) is 2. The number of nitrogens with one attached hydrogen (secondary N) is 1. The van der Waals surface area contributed by atoms with E-state index in [0.717, 1.165) is 38.6 Å². The number of likely N-dealkylation sites (tertiary alicyclic amines) is 1. The van der Waals surface area contributed by atoms with Crippen LogP contribution in [0.3, 0.4) is 0 Å². The van der Waals surface area contributed by atoms with Crippen LogP contribution in [0, 0.1) is 5.92 Å². The van der Waals surface area contributed by atoms with Crippen molar-refractivity contribution in [1.29, 1.82) is 0 Å². The smallest absolute Gasteiger partial charge is 0.193 e. The van der Waals surface area contributed by atoms with Crippen LogP contribution in [0.4, 0.5) is 0 Å². The first-order valence-electron chi connectivity index (χ1n) is 6.83. The highest BCUT2D eigenvalue weighted by Crippen LogP contribution is 2.16. The summed E-state index contributed by atoms with van der Waals surface area (Å²) in [5.74, 6) is 1.54. The third-order valence-electron chi connectivity index (χ3n) is 3.17. The second-order valence-electron chi connectivity index (χ2n) is 4.64. The van der Waals surface area contributed by atoms with Crippen molar-refractivity contribution in [3.05, 3.63) is 0 Å². The maximum Gasteiger partial charge on any atom is 0.193 e. The van der Waals surface area contributed by atoms with Gasteiger partial charge in [0.05, 0.1) is 26.4 Å². The van der Waals surface area contributed by atoms with E-state index in [1.165, 1.54) is 0 Å². The first-order chi connectivity index (χ1) is 9.31. The van der Waals surface area contributed by atoms with Gasteiger partial charge in [0.15, 0.2) is 5.96 Å². The summed E-state index contributed by atoms with van der Waals surface area (Å²) in [6.07, 6.45) is 1.15. The Morgan fingerprint density at radius 2 is 2.00 bits per heavy atom.